The maximum atomic E-state index is 12.0. The average molecular weight is 230 g/mol. The Labute approximate surface area is 102 Å². The van der Waals surface area contributed by atoms with Crippen molar-refractivity contribution in [2.45, 2.75) is 32.8 Å². The van der Waals surface area contributed by atoms with Gasteiger partial charge in [0.2, 0.25) is 0 Å². The maximum Gasteiger partial charge on any atom is 0.191 e. The molecule has 2 atom stereocenters. The Morgan fingerprint density at radius 2 is 2.00 bits per heavy atom. The molecule has 1 aliphatic rings. The number of carbonyl (C=O) groups is 1. The molecule has 1 aromatic rings. The molecule has 0 amide bonds. The minimum atomic E-state index is -1.38. The monoisotopic (exact) mass is 230 g/mol. The molecule has 17 heavy (non-hydrogen) atoms. The lowest BCUT2D eigenvalue weighted by Gasteiger charge is -2.31. The molecule has 0 bridgehead atoms. The van der Waals surface area contributed by atoms with Crippen LogP contribution in [-0.4, -0.2) is 10.9 Å². The third kappa shape index (κ3) is 1.83. The van der Waals surface area contributed by atoms with Crippen molar-refractivity contribution in [2.75, 3.05) is 0 Å². The molecule has 1 aromatic carbocycles. The zero-order chi connectivity index (χ0) is 12.6. The van der Waals surface area contributed by atoms with Crippen LogP contribution in [-0.2, 0) is 10.4 Å². The molecule has 1 aliphatic carbocycles. The van der Waals surface area contributed by atoms with E-state index in [1.807, 2.05) is 24.3 Å². The molecular formula is C15H18O2. The summed E-state index contributed by atoms with van der Waals surface area (Å²) in [4.78, 5) is 12.0. The summed E-state index contributed by atoms with van der Waals surface area (Å²) in [6.07, 6.45) is 2.59. The van der Waals surface area contributed by atoms with Crippen LogP contribution in [0.4, 0.5) is 0 Å². The summed E-state index contributed by atoms with van der Waals surface area (Å²) < 4.78 is 0. The number of carbonyl (C=O) groups excluding carboxylic acids is 1. The first kappa shape index (κ1) is 12.1. The second-order valence-electron chi connectivity index (χ2n) is 4.89. The molecule has 2 rings (SSSR count). The fourth-order valence-electron chi connectivity index (χ4n) is 2.28. The maximum absolute atomic E-state index is 12.0. The Morgan fingerprint density at radius 3 is 2.65 bits per heavy atom. The summed E-state index contributed by atoms with van der Waals surface area (Å²) in [5.74, 6) is 0.114. The molecule has 2 nitrogen and oxygen atoms in total. The highest BCUT2D eigenvalue weighted by Gasteiger charge is 2.37. The van der Waals surface area contributed by atoms with Crippen molar-refractivity contribution in [1.82, 2.24) is 0 Å². The van der Waals surface area contributed by atoms with Crippen LogP contribution in [0.5, 0.6) is 0 Å². The van der Waals surface area contributed by atoms with Crippen LogP contribution in [0.15, 0.2) is 30.3 Å². The predicted octanol–water partition coefficient (Wildman–Crippen LogP) is 2.91. The fraction of sp³-hybridized carbons (Fsp3) is 0.400. The van der Waals surface area contributed by atoms with Crippen LogP contribution in [0.25, 0.3) is 5.57 Å². The van der Waals surface area contributed by atoms with E-state index >= 15 is 0 Å². The highest BCUT2D eigenvalue weighted by atomic mass is 16.3. The van der Waals surface area contributed by atoms with Crippen molar-refractivity contribution >= 4 is 11.4 Å². The third-order valence-electron chi connectivity index (χ3n) is 3.67. The van der Waals surface area contributed by atoms with Crippen LogP contribution >= 0.6 is 0 Å². The van der Waals surface area contributed by atoms with Gasteiger partial charge in [0.25, 0.3) is 0 Å². The molecule has 2 heteroatoms. The second kappa shape index (κ2) is 4.11. The van der Waals surface area contributed by atoms with Crippen molar-refractivity contribution in [2.24, 2.45) is 5.92 Å². The molecule has 0 heterocycles. The van der Waals surface area contributed by atoms with E-state index in [0.717, 1.165) is 23.1 Å². The molecule has 0 saturated carbocycles. The zero-order valence-electron chi connectivity index (χ0n) is 10.5. The first-order chi connectivity index (χ1) is 7.98. The SMILES string of the molecule is CCC(C)C1=CC(=O)C(C)(O)c2ccccc21. The number of hydrogen-bond donors (Lipinski definition) is 1. The van der Waals surface area contributed by atoms with E-state index in [1.54, 1.807) is 13.0 Å². The molecule has 2 unspecified atom stereocenters. The van der Waals surface area contributed by atoms with E-state index in [1.165, 1.54) is 0 Å². The summed E-state index contributed by atoms with van der Waals surface area (Å²) in [6, 6.07) is 7.62. The van der Waals surface area contributed by atoms with Gasteiger partial charge in [0.05, 0.1) is 0 Å². The van der Waals surface area contributed by atoms with E-state index in [0.29, 0.717) is 5.92 Å². The van der Waals surface area contributed by atoms with Gasteiger partial charge in [-0.3, -0.25) is 4.79 Å². The van der Waals surface area contributed by atoms with Gasteiger partial charge >= 0.3 is 0 Å². The lowest BCUT2D eigenvalue weighted by molar-refractivity contribution is -0.131. The quantitative estimate of drug-likeness (QED) is 0.848. The first-order valence-electron chi connectivity index (χ1n) is 6.06. The average Bonchev–Trinajstić information content (AvgIpc) is 2.33. The molecule has 0 spiro atoms. The molecule has 1 N–H and O–H groups in total. The minimum Gasteiger partial charge on any atom is -0.377 e. The van der Waals surface area contributed by atoms with E-state index in [4.69, 9.17) is 0 Å². The smallest absolute Gasteiger partial charge is 0.191 e. The van der Waals surface area contributed by atoms with Crippen LogP contribution in [0, 0.1) is 5.92 Å². The Hall–Kier alpha value is -1.41. The summed E-state index contributed by atoms with van der Waals surface area (Å²) in [5.41, 5.74) is 1.39. The highest BCUT2D eigenvalue weighted by molar-refractivity contribution is 6.06. The van der Waals surface area contributed by atoms with Gasteiger partial charge in [-0.2, -0.15) is 0 Å². The summed E-state index contributed by atoms with van der Waals surface area (Å²) in [7, 11) is 0. The Balaban J connectivity index is 2.63. The van der Waals surface area contributed by atoms with Crippen LogP contribution < -0.4 is 0 Å². The number of hydrogen-bond acceptors (Lipinski definition) is 2. The standard InChI is InChI=1S/C15H18O2/c1-4-10(2)12-9-14(16)15(3,17)13-8-6-5-7-11(12)13/h5-10,17H,4H2,1-3H3. The lowest BCUT2D eigenvalue weighted by atomic mass is 9.76. The van der Waals surface area contributed by atoms with Gasteiger partial charge in [0.1, 0.15) is 5.60 Å². The van der Waals surface area contributed by atoms with Crippen molar-refractivity contribution in [1.29, 1.82) is 0 Å². The Morgan fingerprint density at radius 1 is 1.35 bits per heavy atom. The molecule has 0 aliphatic heterocycles. The normalized spacial score (nSPS) is 25.2. The Bertz CT molecular complexity index is 483. The summed E-state index contributed by atoms with van der Waals surface area (Å²) in [5, 5.41) is 10.3. The van der Waals surface area contributed by atoms with Crippen molar-refractivity contribution in [3.05, 3.63) is 41.5 Å². The minimum absolute atomic E-state index is 0.216. The number of aliphatic hydroxyl groups is 1. The number of fused-ring (bicyclic) bond motifs is 1. The van der Waals surface area contributed by atoms with E-state index in [9.17, 15) is 9.90 Å². The zero-order valence-corrected chi connectivity index (χ0v) is 10.5. The number of ketones is 1. The summed E-state index contributed by atoms with van der Waals surface area (Å²) >= 11 is 0. The van der Waals surface area contributed by atoms with Crippen LogP contribution in [0.3, 0.4) is 0 Å². The predicted molar refractivity (Wildman–Crippen MR) is 68.5 cm³/mol. The van der Waals surface area contributed by atoms with Crippen molar-refractivity contribution in [3.8, 4) is 0 Å². The van der Waals surface area contributed by atoms with Gasteiger partial charge in [0.15, 0.2) is 5.78 Å². The number of allylic oxidation sites excluding steroid dienone is 1. The first-order valence-corrected chi connectivity index (χ1v) is 6.06. The van der Waals surface area contributed by atoms with Crippen molar-refractivity contribution < 1.29 is 9.90 Å². The van der Waals surface area contributed by atoms with Gasteiger partial charge in [-0.1, -0.05) is 38.1 Å². The van der Waals surface area contributed by atoms with Crippen molar-refractivity contribution in [3.63, 3.8) is 0 Å². The third-order valence-corrected chi connectivity index (χ3v) is 3.67. The van der Waals surface area contributed by atoms with Crippen LogP contribution in [0.2, 0.25) is 0 Å². The number of rotatable bonds is 2. The van der Waals surface area contributed by atoms with Gasteiger partial charge in [-0.05, 0) is 42.0 Å². The molecular weight excluding hydrogens is 212 g/mol. The number of benzene rings is 1. The molecule has 0 radical (unpaired) electrons. The van der Waals surface area contributed by atoms with Gasteiger partial charge in [-0.25, -0.2) is 0 Å². The molecule has 0 fully saturated rings. The molecule has 0 saturated heterocycles. The molecule has 0 aromatic heterocycles. The topological polar surface area (TPSA) is 37.3 Å². The van der Waals surface area contributed by atoms with E-state index in [-0.39, 0.29) is 5.78 Å². The fourth-order valence-corrected chi connectivity index (χ4v) is 2.28. The summed E-state index contributed by atoms with van der Waals surface area (Å²) in [6.45, 7) is 5.78. The van der Waals surface area contributed by atoms with Gasteiger partial charge in [-0.15, -0.1) is 0 Å². The van der Waals surface area contributed by atoms with E-state index in [2.05, 4.69) is 13.8 Å². The van der Waals surface area contributed by atoms with Gasteiger partial charge in [0, 0.05) is 0 Å². The second-order valence-corrected chi connectivity index (χ2v) is 4.89. The highest BCUT2D eigenvalue weighted by Crippen LogP contribution is 2.38. The van der Waals surface area contributed by atoms with Crippen LogP contribution in [0.1, 0.15) is 38.3 Å². The van der Waals surface area contributed by atoms with Gasteiger partial charge < -0.3 is 5.11 Å². The Kier molecular flexibility index (Phi) is 2.92. The largest absolute Gasteiger partial charge is 0.377 e. The molecule has 90 valence electrons. The lowest BCUT2D eigenvalue weighted by Crippen LogP contribution is -2.35. The van der Waals surface area contributed by atoms with E-state index < -0.39 is 5.60 Å².